The van der Waals surface area contributed by atoms with E-state index in [1.54, 1.807) is 6.07 Å². The van der Waals surface area contributed by atoms with E-state index in [0.717, 1.165) is 26.3 Å². The van der Waals surface area contributed by atoms with Crippen molar-refractivity contribution in [3.63, 3.8) is 0 Å². The summed E-state index contributed by atoms with van der Waals surface area (Å²) in [6, 6.07) is 4.28. The molecular weight excluding hydrogens is 233 g/mol. The van der Waals surface area contributed by atoms with Gasteiger partial charge in [-0.05, 0) is 23.8 Å². The van der Waals surface area contributed by atoms with Gasteiger partial charge in [-0.25, -0.2) is 4.39 Å². The summed E-state index contributed by atoms with van der Waals surface area (Å²) in [7, 11) is 0. The van der Waals surface area contributed by atoms with Crippen LogP contribution in [0.25, 0.3) is 0 Å². The van der Waals surface area contributed by atoms with E-state index in [1.165, 1.54) is 12.1 Å². The Labute approximate surface area is 106 Å². The van der Waals surface area contributed by atoms with Gasteiger partial charge in [-0.2, -0.15) is 0 Å². The van der Waals surface area contributed by atoms with Crippen LogP contribution < -0.4 is 0 Å². The molecule has 1 N–H and O–H groups in total. The van der Waals surface area contributed by atoms with Crippen molar-refractivity contribution in [2.24, 2.45) is 0 Å². The molecular formula is C14H16FNO2. The molecule has 1 fully saturated rings. The fraction of sp³-hybridized carbons (Fsp3) is 0.429. The lowest BCUT2D eigenvalue weighted by molar-refractivity contribution is 0.0443. The molecule has 2 rings (SSSR count). The number of morpholine rings is 1. The Morgan fingerprint density at radius 2 is 2.11 bits per heavy atom. The van der Waals surface area contributed by atoms with Crippen molar-refractivity contribution in [2.45, 2.75) is 6.61 Å². The maximum absolute atomic E-state index is 13.0. The Hall–Kier alpha value is -1.41. The van der Waals surface area contributed by atoms with E-state index >= 15 is 0 Å². The lowest BCUT2D eigenvalue weighted by atomic mass is 10.1. The molecule has 0 aliphatic carbocycles. The molecule has 96 valence electrons. The van der Waals surface area contributed by atoms with Crippen LogP contribution in [-0.2, 0) is 11.3 Å². The number of ether oxygens (including phenoxy) is 1. The maximum atomic E-state index is 13.0. The number of benzene rings is 1. The number of halogens is 1. The summed E-state index contributed by atoms with van der Waals surface area (Å²) in [5, 5.41) is 9.13. The quantitative estimate of drug-likeness (QED) is 0.794. The van der Waals surface area contributed by atoms with Crippen LogP contribution in [0.5, 0.6) is 0 Å². The van der Waals surface area contributed by atoms with Gasteiger partial charge in [-0.3, -0.25) is 4.90 Å². The minimum absolute atomic E-state index is 0.195. The van der Waals surface area contributed by atoms with E-state index in [-0.39, 0.29) is 12.4 Å². The normalized spacial score (nSPS) is 16.1. The smallest absolute Gasteiger partial charge is 0.123 e. The van der Waals surface area contributed by atoms with Gasteiger partial charge in [0.25, 0.3) is 0 Å². The van der Waals surface area contributed by atoms with Gasteiger partial charge in [-0.15, -0.1) is 0 Å². The maximum Gasteiger partial charge on any atom is 0.123 e. The predicted molar refractivity (Wildman–Crippen MR) is 66.5 cm³/mol. The molecule has 0 spiro atoms. The second-order valence-electron chi connectivity index (χ2n) is 4.15. The first-order valence-corrected chi connectivity index (χ1v) is 5.98. The Kier molecular flexibility index (Phi) is 4.71. The molecule has 1 heterocycles. The van der Waals surface area contributed by atoms with Gasteiger partial charge in [0.15, 0.2) is 0 Å². The summed E-state index contributed by atoms with van der Waals surface area (Å²) < 4.78 is 18.2. The number of hydrogen-bond donors (Lipinski definition) is 1. The third kappa shape index (κ3) is 3.54. The van der Waals surface area contributed by atoms with Crippen molar-refractivity contribution in [3.05, 3.63) is 35.1 Å². The van der Waals surface area contributed by atoms with Crippen LogP contribution in [0.15, 0.2) is 18.2 Å². The summed E-state index contributed by atoms with van der Waals surface area (Å²) in [6.45, 7) is 3.76. The van der Waals surface area contributed by atoms with Crippen LogP contribution in [0.1, 0.15) is 11.1 Å². The highest BCUT2D eigenvalue weighted by Gasteiger charge is 2.07. The SMILES string of the molecule is OCc1cc(F)ccc1C#CCN1CCOCC1. The molecule has 1 aromatic rings. The van der Waals surface area contributed by atoms with E-state index in [9.17, 15) is 4.39 Å². The average molecular weight is 249 g/mol. The average Bonchev–Trinajstić information content (AvgIpc) is 2.41. The lowest BCUT2D eigenvalue weighted by Crippen LogP contribution is -2.36. The molecule has 0 amide bonds. The van der Waals surface area contributed by atoms with Crippen molar-refractivity contribution >= 4 is 0 Å². The van der Waals surface area contributed by atoms with E-state index < -0.39 is 0 Å². The minimum atomic E-state index is -0.349. The van der Waals surface area contributed by atoms with E-state index in [1.807, 2.05) is 0 Å². The van der Waals surface area contributed by atoms with Crippen molar-refractivity contribution in [3.8, 4) is 11.8 Å². The fourth-order valence-corrected chi connectivity index (χ4v) is 1.82. The largest absolute Gasteiger partial charge is 0.392 e. The topological polar surface area (TPSA) is 32.7 Å². The van der Waals surface area contributed by atoms with Gasteiger partial charge in [0, 0.05) is 18.7 Å². The lowest BCUT2D eigenvalue weighted by Gasteiger charge is -2.24. The number of aliphatic hydroxyl groups is 1. The summed E-state index contributed by atoms with van der Waals surface area (Å²) in [5.74, 6) is 5.68. The second kappa shape index (κ2) is 6.50. The molecule has 0 atom stereocenters. The van der Waals surface area contributed by atoms with Gasteiger partial charge in [0.1, 0.15) is 5.82 Å². The van der Waals surface area contributed by atoms with Crippen LogP contribution in [0, 0.1) is 17.7 Å². The van der Waals surface area contributed by atoms with Gasteiger partial charge in [0.05, 0.1) is 26.4 Å². The molecule has 1 aliphatic heterocycles. The van der Waals surface area contributed by atoms with Crippen molar-refractivity contribution in [2.75, 3.05) is 32.8 Å². The zero-order valence-corrected chi connectivity index (χ0v) is 10.2. The minimum Gasteiger partial charge on any atom is -0.392 e. The molecule has 0 bridgehead atoms. The number of hydrogen-bond acceptors (Lipinski definition) is 3. The Morgan fingerprint density at radius 3 is 2.83 bits per heavy atom. The van der Waals surface area contributed by atoms with Gasteiger partial charge < -0.3 is 9.84 Å². The first-order valence-electron chi connectivity index (χ1n) is 5.98. The van der Waals surface area contributed by atoms with Crippen molar-refractivity contribution in [1.82, 2.24) is 4.90 Å². The molecule has 0 saturated carbocycles. The molecule has 18 heavy (non-hydrogen) atoms. The fourth-order valence-electron chi connectivity index (χ4n) is 1.82. The third-order valence-corrected chi connectivity index (χ3v) is 2.87. The highest BCUT2D eigenvalue weighted by atomic mass is 19.1. The Morgan fingerprint density at radius 1 is 1.33 bits per heavy atom. The monoisotopic (exact) mass is 249 g/mol. The molecule has 0 aromatic heterocycles. The summed E-state index contributed by atoms with van der Waals surface area (Å²) >= 11 is 0. The summed E-state index contributed by atoms with van der Waals surface area (Å²) in [4.78, 5) is 2.21. The zero-order valence-electron chi connectivity index (χ0n) is 10.2. The van der Waals surface area contributed by atoms with Crippen LogP contribution in [0.4, 0.5) is 4.39 Å². The molecule has 1 aromatic carbocycles. The number of rotatable bonds is 2. The van der Waals surface area contributed by atoms with Crippen LogP contribution in [0.2, 0.25) is 0 Å². The first-order chi connectivity index (χ1) is 8.79. The molecule has 4 heteroatoms. The highest BCUT2D eigenvalue weighted by Crippen LogP contribution is 2.10. The Balaban J connectivity index is 2.00. The van der Waals surface area contributed by atoms with Crippen LogP contribution >= 0.6 is 0 Å². The van der Waals surface area contributed by atoms with E-state index in [0.29, 0.717) is 17.7 Å². The van der Waals surface area contributed by atoms with Crippen molar-refractivity contribution < 1.29 is 14.2 Å². The number of nitrogens with zero attached hydrogens (tertiary/aromatic N) is 1. The highest BCUT2D eigenvalue weighted by molar-refractivity contribution is 5.41. The Bertz CT molecular complexity index is 459. The third-order valence-electron chi connectivity index (χ3n) is 2.87. The zero-order chi connectivity index (χ0) is 12.8. The summed E-state index contributed by atoms with van der Waals surface area (Å²) in [6.07, 6.45) is 0. The predicted octanol–water partition coefficient (Wildman–Crippen LogP) is 1.00. The van der Waals surface area contributed by atoms with E-state index in [4.69, 9.17) is 9.84 Å². The van der Waals surface area contributed by atoms with Crippen LogP contribution in [0.3, 0.4) is 0 Å². The van der Waals surface area contributed by atoms with Crippen LogP contribution in [-0.4, -0.2) is 42.9 Å². The molecule has 1 aliphatic rings. The first kappa shape index (κ1) is 13.0. The summed E-state index contributed by atoms with van der Waals surface area (Å²) in [5.41, 5.74) is 1.22. The van der Waals surface area contributed by atoms with Gasteiger partial charge in [0.2, 0.25) is 0 Å². The van der Waals surface area contributed by atoms with Gasteiger partial charge in [-0.1, -0.05) is 11.8 Å². The second-order valence-corrected chi connectivity index (χ2v) is 4.15. The molecule has 0 unspecified atom stereocenters. The van der Waals surface area contributed by atoms with E-state index in [2.05, 4.69) is 16.7 Å². The standard InChI is InChI=1S/C14H16FNO2/c15-14-4-3-12(13(10-14)11-17)2-1-5-16-6-8-18-9-7-16/h3-4,10,17H,5-9,11H2. The molecule has 3 nitrogen and oxygen atoms in total. The molecule has 0 radical (unpaired) electrons. The van der Waals surface area contributed by atoms with Crippen molar-refractivity contribution in [1.29, 1.82) is 0 Å². The number of aliphatic hydroxyl groups excluding tert-OH is 1. The van der Waals surface area contributed by atoms with Gasteiger partial charge >= 0.3 is 0 Å². The molecule has 1 saturated heterocycles.